The van der Waals surface area contributed by atoms with Crippen LogP contribution in [0.25, 0.3) is 0 Å². The maximum absolute atomic E-state index is 12.2. The fourth-order valence-corrected chi connectivity index (χ4v) is 2.55. The molecule has 3 N–H and O–H groups in total. The summed E-state index contributed by atoms with van der Waals surface area (Å²) in [5.41, 5.74) is 1.39. The maximum Gasteiger partial charge on any atom is 0.327 e. The Balaban J connectivity index is 1.65. The van der Waals surface area contributed by atoms with Crippen molar-refractivity contribution in [3.8, 4) is 11.8 Å². The molecule has 0 fully saturated rings. The molecule has 2 aromatic heterocycles. The fourth-order valence-electron chi connectivity index (χ4n) is 2.55. The predicted molar refractivity (Wildman–Crippen MR) is 113 cm³/mol. The molecule has 3 aromatic rings. The fraction of sp³-hybridized carbons (Fsp3) is 0.190. The molecule has 0 saturated carbocycles. The summed E-state index contributed by atoms with van der Waals surface area (Å²) in [6.45, 7) is 5.50. The number of ether oxygens (including phenoxy) is 1. The van der Waals surface area contributed by atoms with Crippen molar-refractivity contribution < 1.29 is 9.53 Å². The van der Waals surface area contributed by atoms with Crippen molar-refractivity contribution in [3.05, 3.63) is 71.8 Å². The molecule has 1 amide bonds. The van der Waals surface area contributed by atoms with E-state index in [0.29, 0.717) is 29.0 Å². The van der Waals surface area contributed by atoms with E-state index in [9.17, 15) is 4.79 Å². The third-order valence-electron chi connectivity index (χ3n) is 3.84. The average Bonchev–Trinajstić information content (AvgIpc) is 3.14. The van der Waals surface area contributed by atoms with E-state index in [1.54, 1.807) is 13.0 Å². The highest BCUT2D eigenvalue weighted by Gasteiger charge is 2.11. The third-order valence-corrected chi connectivity index (χ3v) is 3.84. The normalized spacial score (nSPS) is 11.5. The van der Waals surface area contributed by atoms with Gasteiger partial charge in [-0.3, -0.25) is 9.89 Å². The number of carbonyl (C=O) groups excluding carboxylic acids is 1. The Labute approximate surface area is 174 Å². The first-order valence-electron chi connectivity index (χ1n) is 9.41. The quantitative estimate of drug-likeness (QED) is 0.490. The highest BCUT2D eigenvalue weighted by atomic mass is 16.5. The summed E-state index contributed by atoms with van der Waals surface area (Å²) in [5, 5.41) is 12.8. The molecule has 0 unspecified atom stereocenters. The second kappa shape index (κ2) is 9.97. The SMILES string of the molecule is CC=CC(=CC)NC(=O)Cc1cc(Nc2nc(C)nc(Oc3ccccc3)n2)n[nH]1. The Kier molecular flexibility index (Phi) is 6.88. The highest BCUT2D eigenvalue weighted by Crippen LogP contribution is 2.19. The first kappa shape index (κ1) is 20.7. The minimum absolute atomic E-state index is 0.147. The minimum Gasteiger partial charge on any atom is -0.424 e. The topological polar surface area (TPSA) is 118 Å². The number of aromatic nitrogens is 5. The van der Waals surface area contributed by atoms with Gasteiger partial charge < -0.3 is 15.4 Å². The van der Waals surface area contributed by atoms with Gasteiger partial charge in [0, 0.05) is 17.5 Å². The monoisotopic (exact) mass is 405 g/mol. The van der Waals surface area contributed by atoms with Gasteiger partial charge in [0.2, 0.25) is 11.9 Å². The number of carbonyl (C=O) groups is 1. The summed E-state index contributed by atoms with van der Waals surface area (Å²) < 4.78 is 5.67. The smallest absolute Gasteiger partial charge is 0.327 e. The van der Waals surface area contributed by atoms with Crippen LogP contribution in [0.4, 0.5) is 11.8 Å². The van der Waals surface area contributed by atoms with Gasteiger partial charge in [-0.1, -0.05) is 30.4 Å². The van der Waals surface area contributed by atoms with E-state index in [2.05, 4.69) is 35.8 Å². The molecule has 3 rings (SSSR count). The molecular formula is C21H23N7O2. The van der Waals surface area contributed by atoms with Crippen molar-refractivity contribution in [2.24, 2.45) is 0 Å². The van der Waals surface area contributed by atoms with Crippen LogP contribution < -0.4 is 15.4 Å². The molecule has 0 bridgehead atoms. The van der Waals surface area contributed by atoms with E-state index in [1.807, 2.05) is 62.4 Å². The number of nitrogens with zero attached hydrogens (tertiary/aromatic N) is 4. The molecule has 9 nitrogen and oxygen atoms in total. The molecule has 30 heavy (non-hydrogen) atoms. The number of rotatable bonds is 8. The van der Waals surface area contributed by atoms with E-state index < -0.39 is 0 Å². The first-order chi connectivity index (χ1) is 14.6. The Bertz CT molecular complexity index is 1060. The summed E-state index contributed by atoms with van der Waals surface area (Å²) in [4.78, 5) is 24.9. The molecule has 0 aliphatic carbocycles. The van der Waals surface area contributed by atoms with Gasteiger partial charge in [0.25, 0.3) is 0 Å². The van der Waals surface area contributed by atoms with Crippen LogP contribution in [0.1, 0.15) is 25.4 Å². The van der Waals surface area contributed by atoms with Crippen molar-refractivity contribution in [2.45, 2.75) is 27.2 Å². The number of hydrogen-bond donors (Lipinski definition) is 3. The van der Waals surface area contributed by atoms with Gasteiger partial charge in [-0.05, 0) is 39.0 Å². The summed E-state index contributed by atoms with van der Waals surface area (Å²) >= 11 is 0. The summed E-state index contributed by atoms with van der Waals surface area (Å²) in [5.74, 6) is 1.75. The van der Waals surface area contributed by atoms with E-state index in [4.69, 9.17) is 4.74 Å². The van der Waals surface area contributed by atoms with Gasteiger partial charge in [-0.15, -0.1) is 0 Å². The Morgan fingerprint density at radius 1 is 1.17 bits per heavy atom. The van der Waals surface area contributed by atoms with Gasteiger partial charge in [0.15, 0.2) is 5.82 Å². The molecule has 0 saturated heterocycles. The number of hydrogen-bond acceptors (Lipinski definition) is 7. The van der Waals surface area contributed by atoms with Gasteiger partial charge in [0.1, 0.15) is 11.6 Å². The van der Waals surface area contributed by atoms with Crippen molar-refractivity contribution in [3.63, 3.8) is 0 Å². The molecule has 0 aliphatic rings. The Hall–Kier alpha value is -4.01. The highest BCUT2D eigenvalue weighted by molar-refractivity contribution is 5.80. The average molecular weight is 405 g/mol. The molecular weight excluding hydrogens is 382 g/mol. The molecule has 0 spiro atoms. The molecule has 0 aliphatic heterocycles. The van der Waals surface area contributed by atoms with Crippen molar-refractivity contribution in [1.82, 2.24) is 30.5 Å². The Morgan fingerprint density at radius 3 is 2.70 bits per heavy atom. The van der Waals surface area contributed by atoms with Crippen LogP contribution in [0, 0.1) is 6.92 Å². The maximum atomic E-state index is 12.2. The number of aryl methyl sites for hydroxylation is 1. The number of nitrogens with one attached hydrogen (secondary N) is 3. The second-order valence-corrected chi connectivity index (χ2v) is 6.28. The summed E-state index contributed by atoms with van der Waals surface area (Å²) in [6, 6.07) is 11.1. The lowest BCUT2D eigenvalue weighted by atomic mass is 10.2. The Morgan fingerprint density at radius 2 is 1.97 bits per heavy atom. The van der Waals surface area contributed by atoms with Gasteiger partial charge in [-0.25, -0.2) is 0 Å². The molecule has 2 heterocycles. The zero-order valence-electron chi connectivity index (χ0n) is 17.0. The number of allylic oxidation sites excluding steroid dienone is 3. The zero-order chi connectivity index (χ0) is 21.3. The van der Waals surface area contributed by atoms with Crippen molar-refractivity contribution in [2.75, 3.05) is 5.32 Å². The van der Waals surface area contributed by atoms with Crippen LogP contribution in [0.5, 0.6) is 11.8 Å². The van der Waals surface area contributed by atoms with Crippen LogP contribution in [-0.4, -0.2) is 31.1 Å². The van der Waals surface area contributed by atoms with Crippen molar-refractivity contribution >= 4 is 17.7 Å². The molecule has 9 heteroatoms. The number of benzene rings is 1. The number of anilines is 2. The summed E-state index contributed by atoms with van der Waals surface area (Å²) in [6.07, 6.45) is 5.68. The van der Waals surface area contributed by atoms with Gasteiger partial charge in [-0.2, -0.15) is 20.1 Å². The minimum atomic E-state index is -0.147. The van der Waals surface area contributed by atoms with E-state index in [1.165, 1.54) is 0 Å². The first-order valence-corrected chi connectivity index (χ1v) is 9.41. The lowest BCUT2D eigenvalue weighted by Crippen LogP contribution is -2.23. The molecule has 0 atom stereocenters. The van der Waals surface area contributed by atoms with E-state index >= 15 is 0 Å². The zero-order valence-corrected chi connectivity index (χ0v) is 17.0. The lowest BCUT2D eigenvalue weighted by Gasteiger charge is -2.06. The largest absolute Gasteiger partial charge is 0.424 e. The number of aromatic amines is 1. The standard InChI is InChI=1S/C21H23N7O2/c1-4-9-15(5-2)24-19(29)13-16-12-18(28-27-16)25-20-22-14(3)23-21(26-20)30-17-10-7-6-8-11-17/h4-12H,13H2,1-3H3,(H,24,29)(H2,22,23,25,26,27,28). The number of H-pyrrole nitrogens is 1. The lowest BCUT2D eigenvalue weighted by molar-refractivity contribution is -0.119. The van der Waals surface area contributed by atoms with E-state index in [-0.39, 0.29) is 18.3 Å². The van der Waals surface area contributed by atoms with Crippen LogP contribution in [0.2, 0.25) is 0 Å². The van der Waals surface area contributed by atoms with Crippen LogP contribution in [-0.2, 0) is 11.2 Å². The molecule has 0 radical (unpaired) electrons. The van der Waals surface area contributed by atoms with Gasteiger partial charge >= 0.3 is 6.01 Å². The molecule has 154 valence electrons. The van der Waals surface area contributed by atoms with Crippen LogP contribution in [0.3, 0.4) is 0 Å². The molecule has 1 aromatic carbocycles. The van der Waals surface area contributed by atoms with Crippen molar-refractivity contribution in [1.29, 1.82) is 0 Å². The van der Waals surface area contributed by atoms with Crippen LogP contribution in [0.15, 0.2) is 60.3 Å². The van der Waals surface area contributed by atoms with E-state index in [0.717, 1.165) is 5.70 Å². The van der Waals surface area contributed by atoms with Crippen LogP contribution >= 0.6 is 0 Å². The predicted octanol–water partition coefficient (Wildman–Crippen LogP) is 3.58. The number of para-hydroxylation sites is 1. The van der Waals surface area contributed by atoms with Gasteiger partial charge in [0.05, 0.1) is 6.42 Å². The second-order valence-electron chi connectivity index (χ2n) is 6.28. The number of amides is 1. The third kappa shape index (κ3) is 5.99. The summed E-state index contributed by atoms with van der Waals surface area (Å²) in [7, 11) is 0.